The van der Waals surface area contributed by atoms with Gasteiger partial charge < -0.3 is 16.5 Å². The molecule has 2 aromatic carbocycles. The van der Waals surface area contributed by atoms with Crippen molar-refractivity contribution in [1.29, 1.82) is 0 Å². The third kappa shape index (κ3) is 6.10. The number of nitrogens with zero attached hydrogens (tertiary/aromatic N) is 1. The summed E-state index contributed by atoms with van der Waals surface area (Å²) in [4.78, 5) is 17.3. The van der Waals surface area contributed by atoms with Crippen LogP contribution in [0.5, 0.6) is 0 Å². The van der Waals surface area contributed by atoms with Crippen LogP contribution in [0.3, 0.4) is 0 Å². The highest BCUT2D eigenvalue weighted by atomic mass is 32.2. The van der Waals surface area contributed by atoms with Crippen molar-refractivity contribution in [2.75, 3.05) is 0 Å². The summed E-state index contributed by atoms with van der Waals surface area (Å²) in [6.07, 6.45) is 4.68. The van der Waals surface area contributed by atoms with Crippen molar-refractivity contribution >= 4 is 17.9 Å². The molecule has 166 valence electrons. The van der Waals surface area contributed by atoms with Gasteiger partial charge in [-0.3, -0.25) is 15.6 Å². The lowest BCUT2D eigenvalue weighted by Gasteiger charge is -2.28. The van der Waals surface area contributed by atoms with Gasteiger partial charge >= 0.3 is 0 Å². The fourth-order valence-electron chi connectivity index (χ4n) is 3.04. The zero-order valence-corrected chi connectivity index (χ0v) is 18.9. The third-order valence-corrected chi connectivity index (χ3v) is 6.05. The Morgan fingerprint density at radius 3 is 2.44 bits per heavy atom. The first kappa shape index (κ1) is 23.3. The number of carbonyl (C=O) groups is 1. The molecule has 0 aliphatic carbocycles. The predicted octanol–water partition coefficient (Wildman–Crippen LogP) is 3.32. The van der Waals surface area contributed by atoms with E-state index in [1.807, 2.05) is 26.0 Å². The average Bonchev–Trinajstić information content (AvgIpc) is 2.83. The molecule has 3 aromatic rings. The van der Waals surface area contributed by atoms with E-state index in [2.05, 4.69) is 56.8 Å². The van der Waals surface area contributed by atoms with Gasteiger partial charge in [0, 0.05) is 35.6 Å². The van der Waals surface area contributed by atoms with E-state index < -0.39 is 5.54 Å². The largest absolute Gasteiger partial charge is 0.403 e. The quantitative estimate of drug-likeness (QED) is 0.194. The minimum absolute atomic E-state index is 0.118. The molecule has 0 aliphatic rings. The number of amides is 1. The molecule has 0 aliphatic heterocycles. The number of benzene rings is 2. The smallest absolute Gasteiger partial charge is 0.251 e. The van der Waals surface area contributed by atoms with Crippen LogP contribution in [0.4, 0.5) is 0 Å². The van der Waals surface area contributed by atoms with Crippen LogP contribution >= 0.6 is 11.9 Å². The van der Waals surface area contributed by atoms with Gasteiger partial charge in [0.1, 0.15) is 0 Å². The van der Waals surface area contributed by atoms with Crippen LogP contribution in [0.25, 0.3) is 11.1 Å². The zero-order valence-electron chi connectivity index (χ0n) is 18.1. The molecule has 3 rings (SSSR count). The standard InChI is InChI=1S/C24H28N6OS/c1-24(2,22(15-25)29-26)30-32-21-8-6-18(7-9-21)20-5-3-4-17(14-20)16-28-23(31)19-10-12-27-13-11-19/h3-15,29-30H,16,25-26H2,1-2H3,(H,28,31)/b22-15-. The second-order valence-electron chi connectivity index (χ2n) is 7.70. The fraction of sp³-hybridized carbons (Fsp3) is 0.167. The van der Waals surface area contributed by atoms with Gasteiger partial charge in [-0.25, -0.2) is 4.72 Å². The first-order chi connectivity index (χ1) is 15.4. The molecule has 1 heterocycles. The van der Waals surface area contributed by atoms with Crippen molar-refractivity contribution in [3.8, 4) is 11.1 Å². The number of nitrogens with one attached hydrogen (secondary N) is 3. The Morgan fingerprint density at radius 2 is 1.78 bits per heavy atom. The summed E-state index contributed by atoms with van der Waals surface area (Å²) in [6.45, 7) is 4.44. The first-order valence-corrected chi connectivity index (χ1v) is 10.9. The van der Waals surface area contributed by atoms with Crippen LogP contribution in [0.2, 0.25) is 0 Å². The van der Waals surface area contributed by atoms with E-state index in [1.165, 1.54) is 18.1 Å². The monoisotopic (exact) mass is 448 g/mol. The van der Waals surface area contributed by atoms with E-state index >= 15 is 0 Å². The Balaban J connectivity index is 1.62. The molecule has 0 fully saturated rings. The maximum Gasteiger partial charge on any atom is 0.251 e. The highest BCUT2D eigenvalue weighted by molar-refractivity contribution is 7.97. The van der Waals surface area contributed by atoms with Gasteiger partial charge in [-0.1, -0.05) is 30.3 Å². The normalized spacial score (nSPS) is 11.8. The molecular formula is C24H28N6OS. The summed E-state index contributed by atoms with van der Waals surface area (Å²) in [7, 11) is 0. The maximum atomic E-state index is 12.3. The molecule has 7 nitrogen and oxygen atoms in total. The van der Waals surface area contributed by atoms with Crippen molar-refractivity contribution in [1.82, 2.24) is 20.4 Å². The number of aromatic nitrogens is 1. The van der Waals surface area contributed by atoms with Gasteiger partial charge in [0.2, 0.25) is 0 Å². The van der Waals surface area contributed by atoms with E-state index in [4.69, 9.17) is 11.6 Å². The first-order valence-electron chi connectivity index (χ1n) is 10.1. The summed E-state index contributed by atoms with van der Waals surface area (Å²) in [5.74, 6) is 5.41. The summed E-state index contributed by atoms with van der Waals surface area (Å²) < 4.78 is 3.37. The van der Waals surface area contributed by atoms with Gasteiger partial charge in [0.15, 0.2) is 0 Å². The molecule has 7 N–H and O–H groups in total. The van der Waals surface area contributed by atoms with Crippen LogP contribution in [-0.2, 0) is 6.54 Å². The maximum absolute atomic E-state index is 12.3. The topological polar surface area (TPSA) is 118 Å². The van der Waals surface area contributed by atoms with Gasteiger partial charge in [0.25, 0.3) is 5.91 Å². The molecule has 1 aromatic heterocycles. The predicted molar refractivity (Wildman–Crippen MR) is 130 cm³/mol. The molecule has 0 radical (unpaired) electrons. The van der Waals surface area contributed by atoms with Gasteiger partial charge in [-0.15, -0.1) is 0 Å². The molecule has 0 spiro atoms. The molecular weight excluding hydrogens is 420 g/mol. The number of hydrogen-bond acceptors (Lipinski definition) is 7. The fourth-order valence-corrected chi connectivity index (χ4v) is 3.80. The number of carbonyl (C=O) groups excluding carboxylic acids is 1. The molecule has 8 heteroatoms. The van der Waals surface area contributed by atoms with E-state index in [9.17, 15) is 4.79 Å². The average molecular weight is 449 g/mol. The number of pyridine rings is 1. The lowest BCUT2D eigenvalue weighted by atomic mass is 10.0. The van der Waals surface area contributed by atoms with Crippen LogP contribution in [-0.4, -0.2) is 16.4 Å². The number of hydrogen-bond donors (Lipinski definition) is 5. The van der Waals surface area contributed by atoms with Crippen molar-refractivity contribution in [3.63, 3.8) is 0 Å². The molecule has 32 heavy (non-hydrogen) atoms. The SMILES string of the molecule is CC(C)(NSc1ccc(-c2cccc(CNC(=O)c3ccncc3)c2)cc1)/C(=C/N)NN. The minimum atomic E-state index is -0.415. The lowest BCUT2D eigenvalue weighted by Crippen LogP contribution is -2.44. The summed E-state index contributed by atoms with van der Waals surface area (Å²) in [5, 5.41) is 2.95. The van der Waals surface area contributed by atoms with Crippen molar-refractivity contribution in [2.45, 2.75) is 30.8 Å². The van der Waals surface area contributed by atoms with Crippen molar-refractivity contribution in [3.05, 3.63) is 96.1 Å². The van der Waals surface area contributed by atoms with Crippen molar-refractivity contribution in [2.24, 2.45) is 11.6 Å². The Bertz CT molecular complexity index is 1070. The molecule has 0 bridgehead atoms. The molecule has 1 amide bonds. The second-order valence-corrected chi connectivity index (χ2v) is 8.58. The van der Waals surface area contributed by atoms with E-state index in [0.717, 1.165) is 21.6 Å². The lowest BCUT2D eigenvalue weighted by molar-refractivity contribution is 0.0951. The highest BCUT2D eigenvalue weighted by Crippen LogP contribution is 2.26. The number of rotatable bonds is 9. The molecule has 0 atom stereocenters. The number of nitrogens with two attached hydrogens (primary N) is 2. The van der Waals surface area contributed by atoms with E-state index in [1.54, 1.807) is 24.5 Å². The van der Waals surface area contributed by atoms with Gasteiger partial charge in [0.05, 0.1) is 11.2 Å². The highest BCUT2D eigenvalue weighted by Gasteiger charge is 2.22. The molecule has 0 saturated heterocycles. The van der Waals surface area contributed by atoms with E-state index in [0.29, 0.717) is 17.8 Å². The van der Waals surface area contributed by atoms with E-state index in [-0.39, 0.29) is 5.91 Å². The van der Waals surface area contributed by atoms with Crippen LogP contribution in [0.1, 0.15) is 29.8 Å². The Morgan fingerprint density at radius 1 is 1.06 bits per heavy atom. The number of hydrazine groups is 1. The minimum Gasteiger partial charge on any atom is -0.403 e. The van der Waals surface area contributed by atoms with Crippen LogP contribution in [0, 0.1) is 0 Å². The Labute approximate surface area is 192 Å². The van der Waals surface area contributed by atoms with Crippen LogP contribution < -0.4 is 27.0 Å². The van der Waals surface area contributed by atoms with Gasteiger partial charge in [-0.2, -0.15) is 0 Å². The Kier molecular flexibility index (Phi) is 7.88. The second kappa shape index (κ2) is 10.8. The molecule has 0 saturated carbocycles. The van der Waals surface area contributed by atoms with Gasteiger partial charge in [-0.05, 0) is 72.8 Å². The van der Waals surface area contributed by atoms with Crippen molar-refractivity contribution < 1.29 is 4.79 Å². The third-order valence-electron chi connectivity index (χ3n) is 4.93. The van der Waals surface area contributed by atoms with Crippen LogP contribution in [0.15, 0.2) is 89.8 Å². The Hall–Kier alpha value is -3.33. The summed E-state index contributed by atoms with van der Waals surface area (Å²) >= 11 is 1.51. The summed E-state index contributed by atoms with van der Waals surface area (Å²) in [5.41, 5.74) is 12.3. The zero-order chi connectivity index (χ0) is 23.0. The molecule has 0 unspecified atom stereocenters. The summed E-state index contributed by atoms with van der Waals surface area (Å²) in [6, 6.07) is 19.8.